The molecule has 2 amide bonds. The van der Waals surface area contributed by atoms with Gasteiger partial charge in [-0.1, -0.05) is 0 Å². The third-order valence-electron chi connectivity index (χ3n) is 4.32. The van der Waals surface area contributed by atoms with Gasteiger partial charge in [-0.05, 0) is 30.7 Å². The molecule has 1 atom stereocenters. The number of amides is 2. The molecule has 0 aliphatic carbocycles. The van der Waals surface area contributed by atoms with Crippen LogP contribution < -0.4 is 0 Å². The first-order valence-electron chi connectivity index (χ1n) is 8.07. The van der Waals surface area contributed by atoms with Crippen molar-refractivity contribution in [1.29, 1.82) is 0 Å². The van der Waals surface area contributed by atoms with E-state index in [9.17, 15) is 19.5 Å². The Bertz CT molecular complexity index is 704. The van der Waals surface area contributed by atoms with Crippen LogP contribution in [0.2, 0.25) is 0 Å². The zero-order valence-electron chi connectivity index (χ0n) is 13.9. The summed E-state index contributed by atoms with van der Waals surface area (Å²) in [5, 5.41) is 9.20. The summed E-state index contributed by atoms with van der Waals surface area (Å²) in [7, 11) is 0. The molecule has 0 aromatic heterocycles. The second-order valence-electron chi connectivity index (χ2n) is 6.12. The van der Waals surface area contributed by atoms with Crippen LogP contribution in [0.4, 0.5) is 0 Å². The van der Waals surface area contributed by atoms with Gasteiger partial charge < -0.3 is 14.9 Å². The molecule has 0 radical (unpaired) electrons. The average molecular weight is 380 g/mol. The van der Waals surface area contributed by atoms with Gasteiger partial charge in [0.25, 0.3) is 5.91 Å². The zero-order valence-corrected chi connectivity index (χ0v) is 15.6. The summed E-state index contributed by atoms with van der Waals surface area (Å²) in [5.74, 6) is 1.57. The number of carbonyl (C=O) groups is 3. The van der Waals surface area contributed by atoms with Gasteiger partial charge in [0, 0.05) is 35.9 Å². The Labute approximate surface area is 154 Å². The molecule has 134 valence electrons. The normalized spacial score (nSPS) is 20.6. The molecule has 1 aromatic rings. The maximum Gasteiger partial charge on any atom is 0.335 e. The number of rotatable bonds is 3. The first-order valence-corrected chi connectivity index (χ1v) is 10.4. The van der Waals surface area contributed by atoms with Gasteiger partial charge >= 0.3 is 5.97 Å². The van der Waals surface area contributed by atoms with Crippen LogP contribution in [0.5, 0.6) is 0 Å². The van der Waals surface area contributed by atoms with Crippen molar-refractivity contribution in [3.05, 3.63) is 34.9 Å². The van der Waals surface area contributed by atoms with E-state index in [1.807, 2.05) is 16.7 Å². The molecule has 2 aliphatic rings. The topological polar surface area (TPSA) is 77.9 Å². The lowest BCUT2D eigenvalue weighted by atomic mass is 10.0. The monoisotopic (exact) mass is 380 g/mol. The first-order chi connectivity index (χ1) is 12.0. The molecule has 3 rings (SSSR count). The van der Waals surface area contributed by atoms with E-state index in [0.29, 0.717) is 22.8 Å². The highest BCUT2D eigenvalue weighted by Gasteiger charge is 2.37. The van der Waals surface area contributed by atoms with Gasteiger partial charge in [0.15, 0.2) is 0 Å². The first kappa shape index (κ1) is 18.1. The zero-order chi connectivity index (χ0) is 18.0. The summed E-state index contributed by atoms with van der Waals surface area (Å²) in [5.41, 5.74) is 1.13. The number of hydrogen-bond donors (Lipinski definition) is 1. The van der Waals surface area contributed by atoms with E-state index < -0.39 is 12.0 Å². The lowest BCUT2D eigenvalue weighted by Crippen LogP contribution is -2.51. The number of thioether (sulfide) groups is 2. The van der Waals surface area contributed by atoms with E-state index in [2.05, 4.69) is 0 Å². The second-order valence-corrected chi connectivity index (χ2v) is 8.35. The van der Waals surface area contributed by atoms with Crippen molar-refractivity contribution >= 4 is 41.3 Å². The highest BCUT2D eigenvalue weighted by Crippen LogP contribution is 2.26. The van der Waals surface area contributed by atoms with Crippen molar-refractivity contribution in [3.63, 3.8) is 0 Å². The molecule has 2 saturated heterocycles. The number of aryl methyl sites for hydroxylation is 1. The number of hydrogen-bond acceptors (Lipinski definition) is 5. The maximum absolute atomic E-state index is 12.9. The predicted molar refractivity (Wildman–Crippen MR) is 99.3 cm³/mol. The van der Waals surface area contributed by atoms with Crippen LogP contribution in [0.3, 0.4) is 0 Å². The van der Waals surface area contributed by atoms with Crippen LogP contribution in [0.25, 0.3) is 0 Å². The van der Waals surface area contributed by atoms with Crippen molar-refractivity contribution in [1.82, 2.24) is 9.80 Å². The highest BCUT2D eigenvalue weighted by molar-refractivity contribution is 7.99. The van der Waals surface area contributed by atoms with E-state index >= 15 is 0 Å². The molecular formula is C17H20N2O4S2. The SMILES string of the molecule is Cc1cc(C(=O)O)cc(C(=O)N2CSCC2C(=O)N2CCSCC2)c1. The second kappa shape index (κ2) is 7.70. The molecule has 0 saturated carbocycles. The Morgan fingerprint density at radius 2 is 1.76 bits per heavy atom. The summed E-state index contributed by atoms with van der Waals surface area (Å²) in [6, 6.07) is 4.14. The molecule has 6 nitrogen and oxygen atoms in total. The number of carbonyl (C=O) groups excluding carboxylic acids is 2. The number of aromatic carboxylic acids is 1. The molecule has 0 spiro atoms. The Morgan fingerprint density at radius 3 is 2.44 bits per heavy atom. The summed E-state index contributed by atoms with van der Waals surface area (Å²) >= 11 is 3.39. The van der Waals surface area contributed by atoms with Gasteiger partial charge in [0.1, 0.15) is 6.04 Å². The third kappa shape index (κ3) is 3.95. The fourth-order valence-electron chi connectivity index (χ4n) is 3.04. The summed E-state index contributed by atoms with van der Waals surface area (Å²) in [4.78, 5) is 40.4. The number of benzene rings is 1. The van der Waals surface area contributed by atoms with Crippen LogP contribution in [-0.4, -0.2) is 75.0 Å². The Balaban J connectivity index is 1.81. The number of carboxylic acid groups (broad SMARTS) is 1. The molecule has 2 heterocycles. The van der Waals surface area contributed by atoms with Crippen LogP contribution in [0.1, 0.15) is 26.3 Å². The Kier molecular flexibility index (Phi) is 5.58. The van der Waals surface area contributed by atoms with E-state index in [4.69, 9.17) is 0 Å². The van der Waals surface area contributed by atoms with Crippen LogP contribution >= 0.6 is 23.5 Å². The average Bonchev–Trinajstić information content (AvgIpc) is 3.10. The summed E-state index contributed by atoms with van der Waals surface area (Å²) in [6.45, 7) is 3.20. The minimum Gasteiger partial charge on any atom is -0.478 e. The third-order valence-corrected chi connectivity index (χ3v) is 6.28. The van der Waals surface area contributed by atoms with Crippen molar-refractivity contribution in [2.45, 2.75) is 13.0 Å². The van der Waals surface area contributed by atoms with Gasteiger partial charge in [-0.3, -0.25) is 9.59 Å². The Morgan fingerprint density at radius 1 is 1.08 bits per heavy atom. The van der Waals surface area contributed by atoms with Crippen molar-refractivity contribution in [3.8, 4) is 0 Å². The molecule has 1 unspecified atom stereocenters. The van der Waals surface area contributed by atoms with Crippen molar-refractivity contribution in [2.24, 2.45) is 0 Å². The quantitative estimate of drug-likeness (QED) is 0.861. The molecule has 25 heavy (non-hydrogen) atoms. The maximum atomic E-state index is 12.9. The smallest absolute Gasteiger partial charge is 0.335 e. The standard InChI is InChI=1S/C17H20N2O4S2/c1-11-6-12(8-13(7-11)17(22)23)15(20)19-10-25-9-14(19)16(21)18-2-4-24-5-3-18/h6-8,14H,2-5,9-10H2,1H3,(H,22,23). The largest absolute Gasteiger partial charge is 0.478 e. The van der Waals surface area contributed by atoms with Gasteiger partial charge in [-0.2, -0.15) is 11.8 Å². The highest BCUT2D eigenvalue weighted by atomic mass is 32.2. The summed E-state index contributed by atoms with van der Waals surface area (Å²) < 4.78 is 0. The molecule has 8 heteroatoms. The lowest BCUT2D eigenvalue weighted by Gasteiger charge is -2.32. The van der Waals surface area contributed by atoms with Crippen LogP contribution in [0, 0.1) is 6.92 Å². The predicted octanol–water partition coefficient (Wildman–Crippen LogP) is 1.78. The molecule has 1 N–H and O–H groups in total. The van der Waals surface area contributed by atoms with Gasteiger partial charge in [0.05, 0.1) is 11.4 Å². The van der Waals surface area contributed by atoms with Gasteiger partial charge in [-0.25, -0.2) is 4.79 Å². The minimum absolute atomic E-state index is 0.00441. The van der Waals surface area contributed by atoms with Crippen molar-refractivity contribution < 1.29 is 19.5 Å². The molecule has 1 aromatic carbocycles. The molecule has 2 aliphatic heterocycles. The van der Waals surface area contributed by atoms with Crippen LogP contribution in [0.15, 0.2) is 18.2 Å². The van der Waals surface area contributed by atoms with Crippen LogP contribution in [-0.2, 0) is 4.79 Å². The van der Waals surface area contributed by atoms with Crippen molar-refractivity contribution in [2.75, 3.05) is 36.2 Å². The lowest BCUT2D eigenvalue weighted by molar-refractivity contribution is -0.134. The Hall–Kier alpha value is -1.67. The number of nitrogens with zero attached hydrogens (tertiary/aromatic N) is 2. The number of carboxylic acids is 1. The molecule has 2 fully saturated rings. The van der Waals surface area contributed by atoms with E-state index in [-0.39, 0.29) is 17.4 Å². The minimum atomic E-state index is -1.06. The van der Waals surface area contributed by atoms with Gasteiger partial charge in [0.2, 0.25) is 5.91 Å². The molecule has 0 bridgehead atoms. The fraction of sp³-hybridized carbons (Fsp3) is 0.471. The fourth-order valence-corrected chi connectivity index (χ4v) is 5.09. The van der Waals surface area contributed by atoms with E-state index in [1.165, 1.54) is 12.1 Å². The van der Waals surface area contributed by atoms with E-state index in [0.717, 1.165) is 24.6 Å². The van der Waals surface area contributed by atoms with Gasteiger partial charge in [-0.15, -0.1) is 11.8 Å². The van der Waals surface area contributed by atoms with E-state index in [1.54, 1.807) is 29.7 Å². The molecular weight excluding hydrogens is 360 g/mol. The summed E-state index contributed by atoms with van der Waals surface area (Å²) in [6.07, 6.45) is 0.